The van der Waals surface area contributed by atoms with E-state index in [1.807, 2.05) is 6.07 Å². The molecule has 0 aliphatic heterocycles. The largest absolute Gasteiger partial charge is 0.508 e. The average Bonchev–Trinajstić information content (AvgIpc) is 3.31. The van der Waals surface area contributed by atoms with E-state index < -0.39 is 37.2 Å². The molecule has 0 spiro atoms. The lowest BCUT2D eigenvalue weighted by molar-refractivity contribution is -0.457. The van der Waals surface area contributed by atoms with Crippen LogP contribution in [-0.2, 0) is 15.9 Å². The van der Waals surface area contributed by atoms with Gasteiger partial charge in [-0.3, -0.25) is 0 Å². The van der Waals surface area contributed by atoms with Crippen LogP contribution in [0.4, 0.5) is 39.5 Å². The van der Waals surface area contributed by atoms with Crippen molar-refractivity contribution in [2.24, 2.45) is 17.3 Å². The van der Waals surface area contributed by atoms with Gasteiger partial charge in [-0.15, -0.1) is 0 Å². The summed E-state index contributed by atoms with van der Waals surface area (Å²) in [6, 6.07) is 12.5. The lowest BCUT2D eigenvalue weighted by Gasteiger charge is -2.50. The average molecular weight is 685 g/mol. The predicted octanol–water partition coefficient (Wildman–Crippen LogP) is 8.92. The van der Waals surface area contributed by atoms with Crippen LogP contribution < -0.4 is 9.47 Å². The molecule has 5 nitrogen and oxygen atoms in total. The maximum atomic E-state index is 13.1. The molecule has 5 rings (SSSR count). The number of hydrogen-bond donors (Lipinski definition) is 1. The van der Waals surface area contributed by atoms with Gasteiger partial charge in [0.05, 0.1) is 12.7 Å². The molecule has 5 atom stereocenters. The predicted molar refractivity (Wildman–Crippen MR) is 151 cm³/mol. The summed E-state index contributed by atoms with van der Waals surface area (Å²) in [7, 11) is 0. The Bertz CT molecular complexity index is 1320. The second-order valence-electron chi connectivity index (χ2n) is 12.8. The van der Waals surface area contributed by atoms with Gasteiger partial charge in [0.1, 0.15) is 30.5 Å². The number of hydrogen-bond acceptors (Lipinski definition) is 5. The smallest absolute Gasteiger partial charge is 0.435 e. The molecule has 0 radical (unpaired) electrons. The van der Waals surface area contributed by atoms with Crippen LogP contribution in [0.3, 0.4) is 0 Å². The fourth-order valence-electron chi connectivity index (χ4n) is 7.97. The Morgan fingerprint density at radius 3 is 2.00 bits per heavy atom. The van der Waals surface area contributed by atoms with E-state index in [1.165, 1.54) is 23.3 Å². The van der Waals surface area contributed by atoms with Crippen molar-refractivity contribution in [2.45, 2.75) is 88.0 Å². The molecule has 0 bridgehead atoms. The lowest BCUT2D eigenvalue weighted by Crippen LogP contribution is -2.67. The van der Waals surface area contributed by atoms with E-state index in [9.17, 15) is 44.6 Å². The summed E-state index contributed by atoms with van der Waals surface area (Å²) in [6.45, 7) is 1.02. The number of phenolic OH excluding ortho intramolecular Hbond substituents is 1. The third-order valence-corrected chi connectivity index (χ3v) is 10.2. The summed E-state index contributed by atoms with van der Waals surface area (Å²) in [4.78, 5) is 0. The first-order valence-corrected chi connectivity index (χ1v) is 15.6. The van der Waals surface area contributed by atoms with Crippen LogP contribution in [0.2, 0.25) is 0 Å². The second kappa shape index (κ2) is 13.2. The molecule has 262 valence electrons. The highest BCUT2D eigenvalue weighted by atomic mass is 19.4. The summed E-state index contributed by atoms with van der Waals surface area (Å²) < 4.78 is 139. The van der Waals surface area contributed by atoms with Gasteiger partial charge in [0.15, 0.2) is 0 Å². The Hall–Kier alpha value is -2.87. The van der Waals surface area contributed by atoms with Crippen molar-refractivity contribution < 1.29 is 63.6 Å². The molecular formula is C33H37F9O5. The fourth-order valence-corrected chi connectivity index (χ4v) is 7.97. The molecule has 3 aliphatic carbocycles. The molecule has 2 aromatic rings. The monoisotopic (exact) mass is 684 g/mol. The standard InChI is InChI=1S/C33H37F9O5/c1-29-14-13-25-24-10-8-23(45-18-17-44-22-6-4-21(43)5-7-22)19-20(24)3-9-26(25)27(29)11-12-28(29)46-15-2-16-47-30(31(34,35)36,32(37,38)39)33(40,41)42/h4-8,10,19,25-28,43H,2-3,9,11-18H2,1H3/t25?,26?,27?,28-,29-/m0/s1. The number of rotatable bonds is 11. The minimum absolute atomic E-state index is 0.155. The Labute approximate surface area is 266 Å². The van der Waals surface area contributed by atoms with Gasteiger partial charge in [0.25, 0.3) is 0 Å². The number of aromatic hydroxyl groups is 1. The molecule has 2 aromatic carbocycles. The first-order valence-electron chi connectivity index (χ1n) is 15.6. The van der Waals surface area contributed by atoms with Gasteiger partial charge < -0.3 is 24.1 Å². The number of fused-ring (bicyclic) bond motifs is 5. The summed E-state index contributed by atoms with van der Waals surface area (Å²) in [5.41, 5.74) is -4.03. The number of phenols is 1. The minimum atomic E-state index is -6.74. The van der Waals surface area contributed by atoms with Gasteiger partial charge in [0.2, 0.25) is 0 Å². The SMILES string of the molecule is C[C@]12CCC3c4ccc(OCCOc5ccc(O)cc5)cc4CCC3C1CC[C@@H]2OCCCOC(C(F)(F)F)(C(F)(F)F)C(F)(F)F. The quantitative estimate of drug-likeness (QED) is 0.189. The molecule has 1 N–H and O–H groups in total. The highest BCUT2D eigenvalue weighted by Crippen LogP contribution is 2.62. The van der Waals surface area contributed by atoms with E-state index >= 15 is 0 Å². The Balaban J connectivity index is 1.13. The van der Waals surface area contributed by atoms with E-state index in [1.54, 1.807) is 12.1 Å². The van der Waals surface area contributed by atoms with Gasteiger partial charge in [-0.1, -0.05) is 13.0 Å². The normalized spacial score (nSPS) is 26.3. The summed E-state index contributed by atoms with van der Waals surface area (Å²) in [5, 5.41) is 9.37. The van der Waals surface area contributed by atoms with Gasteiger partial charge >= 0.3 is 24.1 Å². The molecule has 14 heteroatoms. The van der Waals surface area contributed by atoms with Crippen molar-refractivity contribution in [3.05, 3.63) is 53.6 Å². The van der Waals surface area contributed by atoms with Crippen molar-refractivity contribution in [1.82, 2.24) is 0 Å². The number of aryl methyl sites for hydroxylation is 1. The Morgan fingerprint density at radius 2 is 1.36 bits per heavy atom. The molecule has 0 amide bonds. The van der Waals surface area contributed by atoms with Gasteiger partial charge in [-0.05, 0) is 116 Å². The van der Waals surface area contributed by atoms with Gasteiger partial charge in [-0.2, -0.15) is 39.5 Å². The zero-order valence-electron chi connectivity index (χ0n) is 25.6. The van der Waals surface area contributed by atoms with Crippen LogP contribution >= 0.6 is 0 Å². The molecule has 2 saturated carbocycles. The Morgan fingerprint density at radius 1 is 0.745 bits per heavy atom. The van der Waals surface area contributed by atoms with Crippen LogP contribution in [0, 0.1) is 17.3 Å². The van der Waals surface area contributed by atoms with Gasteiger partial charge in [-0.25, -0.2) is 0 Å². The van der Waals surface area contributed by atoms with Crippen LogP contribution in [-0.4, -0.2) is 61.8 Å². The molecular weight excluding hydrogens is 647 g/mol. The molecule has 0 saturated heterocycles. The van der Waals surface area contributed by atoms with Crippen molar-refractivity contribution in [1.29, 1.82) is 0 Å². The molecule has 3 aliphatic rings. The lowest BCUT2D eigenvalue weighted by atomic mass is 9.55. The van der Waals surface area contributed by atoms with Crippen LogP contribution in [0.25, 0.3) is 0 Å². The second-order valence-corrected chi connectivity index (χ2v) is 12.8. The summed E-state index contributed by atoms with van der Waals surface area (Å²) in [6.07, 6.45) is -16.1. The number of halogens is 9. The number of benzene rings is 2. The van der Waals surface area contributed by atoms with Crippen molar-refractivity contribution in [2.75, 3.05) is 26.4 Å². The van der Waals surface area contributed by atoms with E-state index in [0.29, 0.717) is 37.2 Å². The third kappa shape index (κ3) is 6.86. The van der Waals surface area contributed by atoms with E-state index in [0.717, 1.165) is 37.9 Å². The molecule has 0 heterocycles. The van der Waals surface area contributed by atoms with E-state index in [-0.39, 0.29) is 29.8 Å². The molecule has 0 aromatic heterocycles. The highest BCUT2D eigenvalue weighted by Gasteiger charge is 2.85. The minimum Gasteiger partial charge on any atom is -0.508 e. The number of alkyl halides is 9. The maximum Gasteiger partial charge on any atom is 0.435 e. The van der Waals surface area contributed by atoms with Crippen molar-refractivity contribution in [3.8, 4) is 17.2 Å². The highest BCUT2D eigenvalue weighted by molar-refractivity contribution is 5.41. The topological polar surface area (TPSA) is 57.2 Å². The van der Waals surface area contributed by atoms with Crippen molar-refractivity contribution >= 4 is 0 Å². The summed E-state index contributed by atoms with van der Waals surface area (Å²) >= 11 is 0. The molecule has 3 unspecified atom stereocenters. The first-order chi connectivity index (χ1) is 22.0. The van der Waals surface area contributed by atoms with Crippen LogP contribution in [0.1, 0.15) is 62.5 Å². The molecule has 47 heavy (non-hydrogen) atoms. The van der Waals surface area contributed by atoms with Crippen LogP contribution in [0.5, 0.6) is 17.2 Å². The van der Waals surface area contributed by atoms with Gasteiger partial charge in [0, 0.05) is 6.61 Å². The van der Waals surface area contributed by atoms with Crippen molar-refractivity contribution in [3.63, 3.8) is 0 Å². The zero-order valence-corrected chi connectivity index (χ0v) is 25.6. The Kier molecular flexibility index (Phi) is 9.96. The van der Waals surface area contributed by atoms with Crippen LogP contribution in [0.15, 0.2) is 42.5 Å². The first kappa shape index (κ1) is 35.4. The maximum absolute atomic E-state index is 13.1. The van der Waals surface area contributed by atoms with E-state index in [4.69, 9.17) is 14.2 Å². The third-order valence-electron chi connectivity index (χ3n) is 10.2. The fraction of sp³-hybridized carbons (Fsp3) is 0.636. The molecule has 2 fully saturated rings. The van der Waals surface area contributed by atoms with E-state index in [2.05, 4.69) is 23.8 Å². The number of ether oxygens (including phenoxy) is 4. The summed E-state index contributed by atoms with van der Waals surface area (Å²) in [5.74, 6) is 2.51. The zero-order chi connectivity index (χ0) is 34.3.